The minimum absolute atomic E-state index is 0.0389. The van der Waals surface area contributed by atoms with Gasteiger partial charge >= 0.3 is 0 Å². The Kier molecular flexibility index (Phi) is 3.83. The van der Waals surface area contributed by atoms with E-state index >= 15 is 0 Å². The van der Waals surface area contributed by atoms with Gasteiger partial charge in [0.2, 0.25) is 0 Å². The standard InChI is InChI=1S/C24H19N3O/c1-17-6-4-7-18(14-17)16-26-12-13-27-23(24(26)28)15-22(25-27)21-11-5-9-19-8-2-3-10-20(19)21/h2-15H,16H2,1H3. The minimum atomic E-state index is -0.0389. The number of hydrogen-bond donors (Lipinski definition) is 0. The third-order valence-electron chi connectivity index (χ3n) is 5.10. The van der Waals surface area contributed by atoms with E-state index in [2.05, 4.69) is 48.4 Å². The lowest BCUT2D eigenvalue weighted by atomic mass is 10.0. The highest BCUT2D eigenvalue weighted by atomic mass is 16.1. The molecule has 4 heteroatoms. The number of aromatic nitrogens is 3. The van der Waals surface area contributed by atoms with Gasteiger partial charge in [-0.05, 0) is 29.3 Å². The summed E-state index contributed by atoms with van der Waals surface area (Å²) in [5.41, 5.74) is 4.68. The molecule has 0 aliphatic heterocycles. The number of rotatable bonds is 3. The van der Waals surface area contributed by atoms with E-state index in [1.807, 2.05) is 42.6 Å². The molecule has 136 valence electrons. The molecule has 0 atom stereocenters. The van der Waals surface area contributed by atoms with Gasteiger partial charge in [0.1, 0.15) is 5.52 Å². The van der Waals surface area contributed by atoms with Crippen molar-refractivity contribution in [2.45, 2.75) is 13.5 Å². The first-order chi connectivity index (χ1) is 13.7. The van der Waals surface area contributed by atoms with Crippen LogP contribution in [0.4, 0.5) is 0 Å². The van der Waals surface area contributed by atoms with Gasteiger partial charge in [-0.15, -0.1) is 0 Å². The molecule has 0 bridgehead atoms. The Balaban J connectivity index is 1.62. The van der Waals surface area contributed by atoms with Gasteiger partial charge in [0.25, 0.3) is 5.56 Å². The summed E-state index contributed by atoms with van der Waals surface area (Å²) in [6, 6.07) is 24.5. The Bertz CT molecular complexity index is 1370. The van der Waals surface area contributed by atoms with E-state index in [4.69, 9.17) is 0 Å². The maximum Gasteiger partial charge on any atom is 0.276 e. The van der Waals surface area contributed by atoms with Crippen molar-refractivity contribution in [1.82, 2.24) is 14.2 Å². The Morgan fingerprint density at radius 2 is 1.71 bits per heavy atom. The van der Waals surface area contributed by atoms with Crippen molar-refractivity contribution in [1.29, 1.82) is 0 Å². The second-order valence-electron chi connectivity index (χ2n) is 7.11. The lowest BCUT2D eigenvalue weighted by molar-refractivity contribution is 0.743. The van der Waals surface area contributed by atoms with E-state index in [1.165, 1.54) is 5.56 Å². The Labute approximate surface area is 162 Å². The third kappa shape index (κ3) is 2.79. The quantitative estimate of drug-likeness (QED) is 0.466. The molecule has 0 amide bonds. The lowest BCUT2D eigenvalue weighted by Crippen LogP contribution is -2.21. The topological polar surface area (TPSA) is 39.3 Å². The molecule has 0 aliphatic rings. The first-order valence-corrected chi connectivity index (χ1v) is 9.31. The van der Waals surface area contributed by atoms with Crippen LogP contribution in [0.15, 0.2) is 90.0 Å². The predicted molar refractivity (Wildman–Crippen MR) is 113 cm³/mol. The van der Waals surface area contributed by atoms with Crippen molar-refractivity contribution in [2.75, 3.05) is 0 Å². The van der Waals surface area contributed by atoms with Crippen LogP contribution in [0.25, 0.3) is 27.5 Å². The maximum absolute atomic E-state index is 13.0. The molecule has 28 heavy (non-hydrogen) atoms. The fraction of sp³-hybridized carbons (Fsp3) is 0.0833. The number of aryl methyl sites for hydroxylation is 1. The van der Waals surface area contributed by atoms with E-state index in [-0.39, 0.29) is 5.56 Å². The van der Waals surface area contributed by atoms with Crippen LogP contribution < -0.4 is 5.56 Å². The van der Waals surface area contributed by atoms with Crippen LogP contribution in [0.5, 0.6) is 0 Å². The summed E-state index contributed by atoms with van der Waals surface area (Å²) >= 11 is 0. The third-order valence-corrected chi connectivity index (χ3v) is 5.10. The molecule has 0 N–H and O–H groups in total. The smallest absolute Gasteiger partial charge is 0.276 e. The van der Waals surface area contributed by atoms with Crippen LogP contribution in [0.1, 0.15) is 11.1 Å². The molecular weight excluding hydrogens is 346 g/mol. The summed E-state index contributed by atoms with van der Waals surface area (Å²) < 4.78 is 3.41. The van der Waals surface area contributed by atoms with Crippen LogP contribution in [0, 0.1) is 6.92 Å². The van der Waals surface area contributed by atoms with Gasteiger partial charge in [0, 0.05) is 18.0 Å². The van der Waals surface area contributed by atoms with E-state index in [9.17, 15) is 4.79 Å². The molecular formula is C24H19N3O. The summed E-state index contributed by atoms with van der Waals surface area (Å²) in [6.45, 7) is 2.61. The van der Waals surface area contributed by atoms with Crippen LogP contribution in [-0.4, -0.2) is 14.2 Å². The first-order valence-electron chi connectivity index (χ1n) is 9.31. The average molecular weight is 365 g/mol. The molecule has 4 nitrogen and oxygen atoms in total. The second kappa shape index (κ2) is 6.50. The van der Waals surface area contributed by atoms with Crippen molar-refractivity contribution in [3.8, 4) is 11.3 Å². The van der Waals surface area contributed by atoms with Crippen LogP contribution in [0.3, 0.4) is 0 Å². The Morgan fingerprint density at radius 3 is 2.61 bits per heavy atom. The number of benzene rings is 3. The van der Waals surface area contributed by atoms with Crippen molar-refractivity contribution >= 4 is 16.3 Å². The molecule has 2 aromatic heterocycles. The highest BCUT2D eigenvalue weighted by Crippen LogP contribution is 2.27. The van der Waals surface area contributed by atoms with Crippen molar-refractivity contribution in [3.63, 3.8) is 0 Å². The second-order valence-corrected chi connectivity index (χ2v) is 7.11. The van der Waals surface area contributed by atoms with Gasteiger partial charge in [0.15, 0.2) is 0 Å². The Hall–Kier alpha value is -3.66. The monoisotopic (exact) mass is 365 g/mol. The fourth-order valence-corrected chi connectivity index (χ4v) is 3.74. The highest BCUT2D eigenvalue weighted by Gasteiger charge is 2.11. The van der Waals surface area contributed by atoms with Gasteiger partial charge in [-0.3, -0.25) is 4.79 Å². The van der Waals surface area contributed by atoms with Crippen LogP contribution in [-0.2, 0) is 6.54 Å². The van der Waals surface area contributed by atoms with Crippen molar-refractivity contribution in [3.05, 3.63) is 107 Å². The highest BCUT2D eigenvalue weighted by molar-refractivity contribution is 5.96. The van der Waals surface area contributed by atoms with Crippen molar-refractivity contribution in [2.24, 2.45) is 0 Å². The summed E-state index contributed by atoms with van der Waals surface area (Å²) in [4.78, 5) is 13.0. The van der Waals surface area contributed by atoms with Gasteiger partial charge in [-0.25, -0.2) is 4.52 Å². The molecule has 0 saturated carbocycles. The normalized spacial score (nSPS) is 11.3. The van der Waals surface area contributed by atoms with E-state index < -0.39 is 0 Å². The number of hydrogen-bond acceptors (Lipinski definition) is 2. The Morgan fingerprint density at radius 1 is 0.893 bits per heavy atom. The molecule has 5 aromatic rings. The lowest BCUT2D eigenvalue weighted by Gasteiger charge is -2.06. The van der Waals surface area contributed by atoms with E-state index in [0.29, 0.717) is 12.1 Å². The van der Waals surface area contributed by atoms with Crippen LogP contribution >= 0.6 is 0 Å². The van der Waals surface area contributed by atoms with Gasteiger partial charge in [-0.2, -0.15) is 5.10 Å². The molecule has 0 unspecified atom stereocenters. The minimum Gasteiger partial charge on any atom is -0.308 e. The predicted octanol–water partition coefficient (Wildman–Crippen LogP) is 4.67. The zero-order chi connectivity index (χ0) is 19.1. The SMILES string of the molecule is Cc1cccc(Cn2ccn3nc(-c4cccc5ccccc45)cc3c2=O)c1. The number of nitrogens with zero attached hydrogens (tertiary/aromatic N) is 3. The van der Waals surface area contributed by atoms with E-state index in [0.717, 1.165) is 27.6 Å². The molecule has 0 fully saturated rings. The zero-order valence-electron chi connectivity index (χ0n) is 15.5. The summed E-state index contributed by atoms with van der Waals surface area (Å²) in [5, 5.41) is 6.95. The summed E-state index contributed by atoms with van der Waals surface area (Å²) in [6.07, 6.45) is 3.65. The molecule has 0 aliphatic carbocycles. The summed E-state index contributed by atoms with van der Waals surface area (Å²) in [7, 11) is 0. The largest absolute Gasteiger partial charge is 0.308 e. The van der Waals surface area contributed by atoms with Crippen LogP contribution in [0.2, 0.25) is 0 Å². The van der Waals surface area contributed by atoms with Gasteiger partial charge in [-0.1, -0.05) is 72.3 Å². The molecule has 0 saturated heterocycles. The fourth-order valence-electron chi connectivity index (χ4n) is 3.74. The van der Waals surface area contributed by atoms with Crippen molar-refractivity contribution < 1.29 is 0 Å². The molecule has 5 rings (SSSR count). The zero-order valence-corrected chi connectivity index (χ0v) is 15.5. The molecule has 2 heterocycles. The molecule has 3 aromatic carbocycles. The van der Waals surface area contributed by atoms with Gasteiger partial charge < -0.3 is 4.57 Å². The average Bonchev–Trinajstić information content (AvgIpc) is 3.15. The molecule has 0 radical (unpaired) electrons. The van der Waals surface area contributed by atoms with Gasteiger partial charge in [0.05, 0.1) is 12.2 Å². The van der Waals surface area contributed by atoms with E-state index in [1.54, 1.807) is 15.3 Å². The summed E-state index contributed by atoms with van der Waals surface area (Å²) in [5.74, 6) is 0. The molecule has 0 spiro atoms. The maximum atomic E-state index is 13.0. The number of fused-ring (bicyclic) bond motifs is 2. The first kappa shape index (κ1) is 16.5.